The molecule has 42 heavy (non-hydrogen) atoms. The number of pyridine rings is 2. The van der Waals surface area contributed by atoms with Gasteiger partial charge in [-0.2, -0.15) is 0 Å². The predicted octanol–water partition coefficient (Wildman–Crippen LogP) is 4.28. The van der Waals surface area contributed by atoms with Crippen molar-refractivity contribution in [2.75, 3.05) is 37.6 Å². The van der Waals surface area contributed by atoms with Crippen LogP contribution in [-0.4, -0.2) is 64.0 Å². The highest BCUT2D eigenvalue weighted by Gasteiger charge is 2.25. The summed E-state index contributed by atoms with van der Waals surface area (Å²) in [7, 11) is 0. The Morgan fingerprint density at radius 2 is 1.74 bits per heavy atom. The molecular formula is C30H28F3N5O4. The van der Waals surface area contributed by atoms with Gasteiger partial charge in [-0.25, -0.2) is 22.9 Å². The summed E-state index contributed by atoms with van der Waals surface area (Å²) in [6, 6.07) is 13.7. The third-order valence-electron chi connectivity index (χ3n) is 7.09. The van der Waals surface area contributed by atoms with E-state index in [9.17, 15) is 23.5 Å². The van der Waals surface area contributed by atoms with E-state index >= 15 is 4.39 Å². The summed E-state index contributed by atoms with van der Waals surface area (Å²) in [4.78, 5) is 37.8. The summed E-state index contributed by atoms with van der Waals surface area (Å²) in [5.74, 6) is -3.53. The number of nitrogens with zero attached hydrogens (tertiary/aromatic N) is 5. The van der Waals surface area contributed by atoms with Crippen LogP contribution in [0.1, 0.15) is 28.4 Å². The molecule has 1 aliphatic heterocycles. The second kappa shape index (κ2) is 12.4. The van der Waals surface area contributed by atoms with Crippen LogP contribution in [-0.2, 0) is 18.0 Å². The number of carbonyl (C=O) groups is 1. The van der Waals surface area contributed by atoms with Gasteiger partial charge in [0.05, 0.1) is 5.39 Å². The molecule has 1 aliphatic rings. The van der Waals surface area contributed by atoms with E-state index in [2.05, 4.69) is 10.1 Å². The molecule has 0 unspecified atom stereocenters. The molecule has 0 bridgehead atoms. The van der Waals surface area contributed by atoms with Gasteiger partial charge in [0.1, 0.15) is 35.2 Å². The van der Waals surface area contributed by atoms with E-state index in [1.54, 1.807) is 11.8 Å². The fourth-order valence-corrected chi connectivity index (χ4v) is 4.87. The molecule has 0 saturated carbocycles. The van der Waals surface area contributed by atoms with Gasteiger partial charge in [0.2, 0.25) is 5.43 Å². The van der Waals surface area contributed by atoms with Crippen molar-refractivity contribution in [2.24, 2.45) is 5.16 Å². The Balaban J connectivity index is 1.34. The SMILES string of the molecule is CCn1cc(C(=O)O)c(=O)c2cc(F)c(N3CCN(C/C(=N\OCc4ccccc4)c4ccc(F)cc4F)CC3)nc21. The van der Waals surface area contributed by atoms with Crippen LogP contribution in [0.15, 0.2) is 70.7 Å². The van der Waals surface area contributed by atoms with Crippen molar-refractivity contribution < 1.29 is 27.9 Å². The monoisotopic (exact) mass is 579 g/mol. The third kappa shape index (κ3) is 6.13. The molecule has 3 heterocycles. The lowest BCUT2D eigenvalue weighted by molar-refractivity contribution is 0.0694. The fourth-order valence-electron chi connectivity index (χ4n) is 4.87. The molecule has 0 spiro atoms. The van der Waals surface area contributed by atoms with E-state index in [4.69, 9.17) is 4.84 Å². The molecule has 1 fully saturated rings. The number of aromatic nitrogens is 2. The van der Waals surface area contributed by atoms with Gasteiger partial charge in [-0.15, -0.1) is 0 Å². The summed E-state index contributed by atoms with van der Waals surface area (Å²) in [5.41, 5.74) is 0.240. The number of anilines is 1. The number of oxime groups is 1. The van der Waals surface area contributed by atoms with Crippen molar-refractivity contribution in [2.45, 2.75) is 20.1 Å². The number of carboxylic acids is 1. The van der Waals surface area contributed by atoms with E-state index < -0.39 is 34.4 Å². The van der Waals surface area contributed by atoms with E-state index in [1.165, 1.54) is 16.8 Å². The van der Waals surface area contributed by atoms with Gasteiger partial charge in [0.15, 0.2) is 11.6 Å². The molecule has 9 nitrogen and oxygen atoms in total. The number of fused-ring (bicyclic) bond motifs is 1. The Kier molecular flexibility index (Phi) is 8.53. The van der Waals surface area contributed by atoms with E-state index in [-0.39, 0.29) is 41.3 Å². The topological polar surface area (TPSA) is 100 Å². The highest BCUT2D eigenvalue weighted by Crippen LogP contribution is 2.23. The summed E-state index contributed by atoms with van der Waals surface area (Å²) >= 11 is 0. The first-order valence-corrected chi connectivity index (χ1v) is 13.4. The van der Waals surface area contributed by atoms with Gasteiger partial charge in [-0.3, -0.25) is 9.69 Å². The molecule has 2 aromatic heterocycles. The van der Waals surface area contributed by atoms with Crippen LogP contribution in [0.3, 0.4) is 0 Å². The largest absolute Gasteiger partial charge is 0.477 e. The average Bonchev–Trinajstić information content (AvgIpc) is 2.98. The minimum atomic E-state index is -1.39. The molecule has 0 amide bonds. The van der Waals surface area contributed by atoms with Gasteiger partial charge in [-0.1, -0.05) is 35.5 Å². The highest BCUT2D eigenvalue weighted by atomic mass is 19.1. The van der Waals surface area contributed by atoms with E-state index in [1.807, 2.05) is 35.2 Å². The molecule has 0 radical (unpaired) electrons. The van der Waals surface area contributed by atoms with Gasteiger partial charge >= 0.3 is 5.97 Å². The number of aryl methyl sites for hydroxylation is 1. The Labute approximate surface area is 239 Å². The number of benzene rings is 2. The van der Waals surface area contributed by atoms with Crippen LogP contribution in [0.4, 0.5) is 19.0 Å². The minimum absolute atomic E-state index is 0.0523. The number of aromatic carboxylic acids is 1. The lowest BCUT2D eigenvalue weighted by Gasteiger charge is -2.35. The molecule has 4 aromatic rings. The zero-order chi connectivity index (χ0) is 29.8. The first kappa shape index (κ1) is 28.8. The molecule has 0 atom stereocenters. The van der Waals surface area contributed by atoms with Gasteiger partial charge < -0.3 is 19.4 Å². The van der Waals surface area contributed by atoms with E-state index in [0.717, 1.165) is 23.8 Å². The fraction of sp³-hybridized carbons (Fsp3) is 0.267. The first-order valence-electron chi connectivity index (χ1n) is 13.4. The van der Waals surface area contributed by atoms with Crippen molar-refractivity contribution in [3.8, 4) is 0 Å². The average molecular weight is 580 g/mol. The lowest BCUT2D eigenvalue weighted by atomic mass is 10.1. The Hall–Kier alpha value is -4.71. The first-order chi connectivity index (χ1) is 20.2. The zero-order valence-electron chi connectivity index (χ0n) is 22.8. The van der Waals surface area contributed by atoms with Gasteiger partial charge in [-0.05, 0) is 30.7 Å². The van der Waals surface area contributed by atoms with Gasteiger partial charge in [0.25, 0.3) is 0 Å². The predicted molar refractivity (Wildman–Crippen MR) is 151 cm³/mol. The molecule has 12 heteroatoms. The number of piperazine rings is 1. The minimum Gasteiger partial charge on any atom is -0.477 e. The lowest BCUT2D eigenvalue weighted by Crippen LogP contribution is -2.48. The standard InChI is InChI=1S/C30H28F3N5O4/c1-2-37-16-23(30(40)41)27(39)22-15-25(33)29(34-28(22)37)38-12-10-36(11-13-38)17-26(21-9-8-20(31)14-24(21)32)35-42-18-19-6-4-3-5-7-19/h3-9,14-16H,2,10-13,17-18H2,1H3,(H,40,41)/b35-26+. The van der Waals surface area contributed by atoms with Crippen LogP contribution in [0.25, 0.3) is 11.0 Å². The molecule has 218 valence electrons. The Bertz CT molecular complexity index is 1700. The molecule has 2 aromatic carbocycles. The molecule has 1 saturated heterocycles. The second-order valence-electron chi connectivity index (χ2n) is 9.81. The number of hydrogen-bond donors (Lipinski definition) is 1. The second-order valence-corrected chi connectivity index (χ2v) is 9.81. The van der Waals surface area contributed by atoms with Crippen LogP contribution in [0, 0.1) is 17.5 Å². The van der Waals surface area contributed by atoms with Gasteiger partial charge in [0, 0.05) is 57.1 Å². The summed E-state index contributed by atoms with van der Waals surface area (Å²) in [6.45, 7) is 4.09. The number of hydrogen-bond acceptors (Lipinski definition) is 7. The normalized spacial score (nSPS) is 14.4. The Morgan fingerprint density at radius 3 is 2.40 bits per heavy atom. The zero-order valence-corrected chi connectivity index (χ0v) is 22.8. The highest BCUT2D eigenvalue weighted by molar-refractivity contribution is 6.02. The molecule has 1 N–H and O–H groups in total. The van der Waals surface area contributed by atoms with Crippen LogP contribution in [0.5, 0.6) is 0 Å². The van der Waals surface area contributed by atoms with Crippen molar-refractivity contribution in [1.82, 2.24) is 14.5 Å². The van der Waals surface area contributed by atoms with Crippen molar-refractivity contribution >= 4 is 28.5 Å². The molecule has 5 rings (SSSR count). The summed E-state index contributed by atoms with van der Waals surface area (Å²) in [6.07, 6.45) is 1.22. The van der Waals surface area contributed by atoms with Crippen LogP contribution >= 0.6 is 0 Å². The van der Waals surface area contributed by atoms with Crippen molar-refractivity contribution in [3.05, 3.63) is 105 Å². The molecular weight excluding hydrogens is 551 g/mol. The third-order valence-corrected chi connectivity index (χ3v) is 7.09. The van der Waals surface area contributed by atoms with E-state index in [0.29, 0.717) is 32.7 Å². The maximum absolute atomic E-state index is 15.2. The summed E-state index contributed by atoms with van der Waals surface area (Å²) < 4.78 is 45.0. The number of rotatable bonds is 9. The van der Waals surface area contributed by atoms with Crippen molar-refractivity contribution in [1.29, 1.82) is 0 Å². The smallest absolute Gasteiger partial charge is 0.341 e. The number of halogens is 3. The summed E-state index contributed by atoms with van der Waals surface area (Å²) in [5, 5.41) is 13.5. The Morgan fingerprint density at radius 1 is 1.00 bits per heavy atom. The quantitative estimate of drug-likeness (QED) is 0.234. The van der Waals surface area contributed by atoms with Crippen molar-refractivity contribution in [3.63, 3.8) is 0 Å². The maximum Gasteiger partial charge on any atom is 0.341 e. The molecule has 0 aliphatic carbocycles. The van der Waals surface area contributed by atoms with Crippen LogP contribution in [0.2, 0.25) is 0 Å². The maximum atomic E-state index is 15.2. The number of carboxylic acid groups (broad SMARTS) is 1. The van der Waals surface area contributed by atoms with Crippen LogP contribution < -0.4 is 10.3 Å².